The molecule has 2 aromatic rings. The van der Waals surface area contributed by atoms with Gasteiger partial charge in [-0.3, -0.25) is 4.79 Å². The Morgan fingerprint density at radius 1 is 1.16 bits per heavy atom. The van der Waals surface area contributed by atoms with Crippen LogP contribution in [-0.2, 0) is 4.79 Å². The minimum absolute atomic E-state index is 0.183. The van der Waals surface area contributed by atoms with E-state index in [4.69, 9.17) is 4.74 Å². The van der Waals surface area contributed by atoms with Crippen LogP contribution in [0.1, 0.15) is 81.6 Å². The summed E-state index contributed by atoms with van der Waals surface area (Å²) >= 11 is 0. The van der Waals surface area contributed by atoms with Crippen LogP contribution in [0.3, 0.4) is 0 Å². The van der Waals surface area contributed by atoms with Gasteiger partial charge in [0, 0.05) is 5.39 Å². The van der Waals surface area contributed by atoms with Crippen LogP contribution < -0.4 is 10.1 Å². The molecule has 1 aliphatic carbocycles. The van der Waals surface area contributed by atoms with Gasteiger partial charge >= 0.3 is 5.97 Å². The third-order valence-electron chi connectivity index (χ3n) is 6.88. The fourth-order valence-corrected chi connectivity index (χ4v) is 4.43. The van der Waals surface area contributed by atoms with Crippen molar-refractivity contribution in [1.29, 1.82) is 0 Å². The van der Waals surface area contributed by atoms with E-state index in [9.17, 15) is 14.7 Å². The topological polar surface area (TPSA) is 75.6 Å². The van der Waals surface area contributed by atoms with E-state index >= 15 is 0 Å². The van der Waals surface area contributed by atoms with Gasteiger partial charge in [-0.05, 0) is 55.0 Å². The number of hydrogen-bond acceptors (Lipinski definition) is 3. The van der Waals surface area contributed by atoms with Crippen LogP contribution in [0, 0.1) is 18.3 Å². The van der Waals surface area contributed by atoms with Crippen molar-refractivity contribution in [2.75, 3.05) is 6.61 Å². The van der Waals surface area contributed by atoms with Crippen molar-refractivity contribution in [2.24, 2.45) is 11.3 Å². The minimum atomic E-state index is -1.01. The summed E-state index contributed by atoms with van der Waals surface area (Å²) in [4.78, 5) is 25.2. The molecule has 0 aromatic heterocycles. The molecule has 2 aromatic carbocycles. The van der Waals surface area contributed by atoms with Gasteiger partial charge in [0.15, 0.2) is 0 Å². The Kier molecular flexibility index (Phi) is 7.81. The van der Waals surface area contributed by atoms with Crippen LogP contribution in [0.5, 0.6) is 5.75 Å². The summed E-state index contributed by atoms with van der Waals surface area (Å²) in [6, 6.07) is 8.83. The average molecular weight is 440 g/mol. The first-order chi connectivity index (χ1) is 15.2. The molecular formula is C27H37NO4. The molecule has 1 saturated carbocycles. The lowest BCUT2D eigenvalue weighted by atomic mass is 9.83. The first-order valence-electron chi connectivity index (χ1n) is 11.9. The molecule has 32 heavy (non-hydrogen) atoms. The van der Waals surface area contributed by atoms with Crippen molar-refractivity contribution in [2.45, 2.75) is 78.7 Å². The van der Waals surface area contributed by atoms with E-state index in [-0.39, 0.29) is 5.41 Å². The number of carboxylic acids is 1. The minimum Gasteiger partial charge on any atom is -0.492 e. The molecule has 3 rings (SSSR count). The standard InChI is InChI=1S/C27H37NO4/c1-5-27(3,4)16-23(26(30)31)28-25(29)21-14-13-20-12-11-18(2)15-22(20)24(21)32-17-19-9-7-6-8-10-19/h11-15,19,23H,5-10,16-17H2,1-4H3,(H,28,29)(H,30,31). The Morgan fingerprint density at radius 2 is 1.84 bits per heavy atom. The Labute approximate surface area is 191 Å². The highest BCUT2D eigenvalue weighted by atomic mass is 16.5. The fourth-order valence-electron chi connectivity index (χ4n) is 4.43. The summed E-state index contributed by atoms with van der Waals surface area (Å²) in [6.07, 6.45) is 7.24. The fraction of sp³-hybridized carbons (Fsp3) is 0.556. The lowest BCUT2D eigenvalue weighted by Gasteiger charge is -2.27. The molecule has 0 radical (unpaired) electrons. The number of aliphatic carboxylic acids is 1. The molecule has 1 aliphatic rings. The number of aryl methyl sites for hydroxylation is 1. The van der Waals surface area contributed by atoms with Gasteiger partial charge < -0.3 is 15.2 Å². The number of rotatable bonds is 9. The number of carbonyl (C=O) groups is 2. The summed E-state index contributed by atoms with van der Waals surface area (Å²) < 4.78 is 6.32. The molecule has 5 heteroatoms. The van der Waals surface area contributed by atoms with Crippen molar-refractivity contribution < 1.29 is 19.4 Å². The zero-order valence-electron chi connectivity index (χ0n) is 19.9. The van der Waals surface area contributed by atoms with Crippen molar-refractivity contribution >= 4 is 22.6 Å². The van der Waals surface area contributed by atoms with Crippen LogP contribution in [0.15, 0.2) is 30.3 Å². The maximum Gasteiger partial charge on any atom is 0.326 e. The molecule has 0 spiro atoms. The number of ether oxygens (including phenoxy) is 1. The highest BCUT2D eigenvalue weighted by Gasteiger charge is 2.29. The van der Waals surface area contributed by atoms with Crippen LogP contribution in [0.4, 0.5) is 0 Å². The van der Waals surface area contributed by atoms with E-state index in [1.54, 1.807) is 6.07 Å². The number of nitrogens with one attached hydrogen (secondary N) is 1. The van der Waals surface area contributed by atoms with Crippen LogP contribution in [-0.4, -0.2) is 29.6 Å². The van der Waals surface area contributed by atoms with E-state index in [1.165, 1.54) is 19.3 Å². The number of carboxylic acid groups (broad SMARTS) is 1. The smallest absolute Gasteiger partial charge is 0.326 e. The Bertz CT molecular complexity index is 960. The van der Waals surface area contributed by atoms with Crippen molar-refractivity contribution in [3.63, 3.8) is 0 Å². The van der Waals surface area contributed by atoms with Gasteiger partial charge in [-0.2, -0.15) is 0 Å². The quantitative estimate of drug-likeness (QED) is 0.494. The third kappa shape index (κ3) is 6.02. The van der Waals surface area contributed by atoms with Crippen molar-refractivity contribution in [1.82, 2.24) is 5.32 Å². The lowest BCUT2D eigenvalue weighted by molar-refractivity contribution is -0.140. The number of benzene rings is 2. The van der Waals surface area contributed by atoms with E-state index in [0.29, 0.717) is 30.3 Å². The monoisotopic (exact) mass is 439 g/mol. The Hall–Kier alpha value is -2.56. The van der Waals surface area contributed by atoms with Gasteiger partial charge in [0.2, 0.25) is 0 Å². The summed E-state index contributed by atoms with van der Waals surface area (Å²) in [5.74, 6) is -0.349. The van der Waals surface area contributed by atoms with Gasteiger partial charge in [0.05, 0.1) is 12.2 Å². The highest BCUT2D eigenvalue weighted by molar-refractivity contribution is 6.05. The molecule has 174 valence electrons. The largest absolute Gasteiger partial charge is 0.492 e. The van der Waals surface area contributed by atoms with Crippen molar-refractivity contribution in [3.8, 4) is 5.75 Å². The highest BCUT2D eigenvalue weighted by Crippen LogP contribution is 2.33. The SMILES string of the molecule is CCC(C)(C)CC(NC(=O)c1ccc2ccc(C)cc2c1OCC1CCCCC1)C(=O)O. The number of hydrogen-bond donors (Lipinski definition) is 2. The van der Waals surface area contributed by atoms with Crippen LogP contribution in [0.2, 0.25) is 0 Å². The Balaban J connectivity index is 1.91. The molecule has 0 bridgehead atoms. The van der Waals surface area contributed by atoms with Gasteiger partial charge in [0.1, 0.15) is 11.8 Å². The number of amides is 1. The number of fused-ring (bicyclic) bond motifs is 1. The molecule has 1 fully saturated rings. The second-order valence-corrected chi connectivity index (χ2v) is 10.1. The predicted molar refractivity (Wildman–Crippen MR) is 128 cm³/mol. The molecule has 0 heterocycles. The molecule has 0 aliphatic heterocycles. The van der Waals surface area contributed by atoms with E-state index < -0.39 is 17.9 Å². The van der Waals surface area contributed by atoms with Crippen LogP contribution >= 0.6 is 0 Å². The summed E-state index contributed by atoms with van der Waals surface area (Å²) in [5, 5.41) is 14.4. The molecule has 1 amide bonds. The third-order valence-corrected chi connectivity index (χ3v) is 6.88. The summed E-state index contributed by atoms with van der Waals surface area (Å²) in [7, 11) is 0. The molecule has 1 unspecified atom stereocenters. The Morgan fingerprint density at radius 3 is 2.50 bits per heavy atom. The molecule has 1 atom stereocenters. The first kappa shape index (κ1) is 24.1. The summed E-state index contributed by atoms with van der Waals surface area (Å²) in [5.41, 5.74) is 1.31. The van der Waals surface area contributed by atoms with Crippen LogP contribution in [0.25, 0.3) is 10.8 Å². The normalized spacial score (nSPS) is 16.0. The predicted octanol–water partition coefficient (Wildman–Crippen LogP) is 6.12. The zero-order valence-corrected chi connectivity index (χ0v) is 19.9. The molecule has 5 nitrogen and oxygen atoms in total. The van der Waals surface area contributed by atoms with E-state index in [1.807, 2.05) is 52.0 Å². The van der Waals surface area contributed by atoms with Gasteiger partial charge in [-0.15, -0.1) is 0 Å². The lowest BCUT2D eigenvalue weighted by Crippen LogP contribution is -2.43. The maximum atomic E-state index is 13.3. The second-order valence-electron chi connectivity index (χ2n) is 10.1. The maximum absolute atomic E-state index is 13.3. The first-order valence-corrected chi connectivity index (χ1v) is 11.9. The summed E-state index contributed by atoms with van der Waals surface area (Å²) in [6.45, 7) is 8.67. The van der Waals surface area contributed by atoms with Gasteiger partial charge in [-0.1, -0.05) is 70.2 Å². The average Bonchev–Trinajstić information content (AvgIpc) is 2.77. The molecular weight excluding hydrogens is 402 g/mol. The number of carbonyl (C=O) groups excluding carboxylic acids is 1. The van der Waals surface area contributed by atoms with E-state index in [0.717, 1.165) is 35.6 Å². The zero-order chi connectivity index (χ0) is 23.3. The van der Waals surface area contributed by atoms with Gasteiger partial charge in [-0.25, -0.2) is 4.79 Å². The second kappa shape index (κ2) is 10.4. The van der Waals surface area contributed by atoms with E-state index in [2.05, 4.69) is 5.32 Å². The molecule has 0 saturated heterocycles. The molecule has 2 N–H and O–H groups in total. The van der Waals surface area contributed by atoms with Crippen molar-refractivity contribution in [3.05, 3.63) is 41.5 Å². The van der Waals surface area contributed by atoms with Gasteiger partial charge in [0.25, 0.3) is 5.91 Å².